The molecule has 100 valence electrons. The molecule has 0 aliphatic carbocycles. The highest BCUT2D eigenvalue weighted by molar-refractivity contribution is 5.78. The molecule has 0 aromatic heterocycles. The molecule has 0 aromatic carbocycles. The van der Waals surface area contributed by atoms with Crippen LogP contribution in [0.3, 0.4) is 0 Å². The monoisotopic (exact) mass is 241 g/mol. The van der Waals surface area contributed by atoms with E-state index in [1.54, 1.807) is 0 Å². The van der Waals surface area contributed by atoms with E-state index in [2.05, 4.69) is 42.9 Å². The van der Waals surface area contributed by atoms with Gasteiger partial charge >= 0.3 is 0 Å². The molecule has 0 atom stereocenters. The number of piperazine rings is 1. The molecule has 1 fully saturated rings. The smallest absolute Gasteiger partial charge is 0.234 e. The molecular formula is C13H27N3O. The Labute approximate surface area is 105 Å². The van der Waals surface area contributed by atoms with Crippen LogP contribution in [-0.4, -0.2) is 62.0 Å². The van der Waals surface area contributed by atoms with Crippen LogP contribution in [0, 0.1) is 5.41 Å². The van der Waals surface area contributed by atoms with Crippen molar-refractivity contribution in [1.29, 1.82) is 0 Å². The molecule has 1 aliphatic rings. The summed E-state index contributed by atoms with van der Waals surface area (Å²) in [5, 5.41) is 3.04. The molecule has 1 rings (SSSR count). The minimum atomic E-state index is 0.163. The van der Waals surface area contributed by atoms with Crippen LogP contribution in [0.1, 0.15) is 27.2 Å². The van der Waals surface area contributed by atoms with Gasteiger partial charge in [-0.1, -0.05) is 20.8 Å². The molecule has 1 saturated heterocycles. The molecule has 1 amide bonds. The van der Waals surface area contributed by atoms with Crippen molar-refractivity contribution in [2.45, 2.75) is 27.2 Å². The normalized spacial score (nSPS) is 19.3. The van der Waals surface area contributed by atoms with Crippen molar-refractivity contribution in [3.05, 3.63) is 0 Å². The Morgan fingerprint density at radius 1 is 1.24 bits per heavy atom. The van der Waals surface area contributed by atoms with Gasteiger partial charge < -0.3 is 10.2 Å². The predicted octanol–water partition coefficient (Wildman–Crippen LogP) is 0.786. The molecule has 0 bridgehead atoms. The number of carbonyl (C=O) groups excluding carboxylic acids is 1. The second kappa shape index (κ2) is 6.36. The number of amides is 1. The van der Waals surface area contributed by atoms with Crippen LogP contribution in [0.25, 0.3) is 0 Å². The number of likely N-dealkylation sites (N-methyl/N-ethyl adjacent to an activating group) is 1. The van der Waals surface area contributed by atoms with E-state index < -0.39 is 0 Å². The standard InChI is InChI=1S/C13H27N3O/c1-5-13(2,3)11-14-12(17)10-16-8-6-15(4)7-9-16/h5-11H2,1-4H3,(H,14,17). The first kappa shape index (κ1) is 14.5. The Bertz CT molecular complexity index is 245. The maximum Gasteiger partial charge on any atom is 0.234 e. The van der Waals surface area contributed by atoms with Gasteiger partial charge in [0.25, 0.3) is 0 Å². The van der Waals surface area contributed by atoms with Gasteiger partial charge in [-0.3, -0.25) is 9.69 Å². The number of nitrogens with one attached hydrogen (secondary N) is 1. The van der Waals surface area contributed by atoms with Gasteiger partial charge in [0.15, 0.2) is 0 Å². The van der Waals surface area contributed by atoms with E-state index in [0.717, 1.165) is 39.1 Å². The van der Waals surface area contributed by atoms with Gasteiger partial charge in [-0.15, -0.1) is 0 Å². The zero-order valence-corrected chi connectivity index (χ0v) is 11.8. The third-order valence-corrected chi connectivity index (χ3v) is 3.68. The van der Waals surface area contributed by atoms with Crippen LogP contribution in [0.4, 0.5) is 0 Å². The summed E-state index contributed by atoms with van der Waals surface area (Å²) >= 11 is 0. The first-order valence-corrected chi connectivity index (χ1v) is 6.60. The van der Waals surface area contributed by atoms with Crippen molar-refractivity contribution in [2.75, 3.05) is 46.3 Å². The van der Waals surface area contributed by atoms with Gasteiger partial charge in [0.2, 0.25) is 5.91 Å². The SMILES string of the molecule is CCC(C)(C)CNC(=O)CN1CCN(C)CC1. The molecule has 17 heavy (non-hydrogen) atoms. The summed E-state index contributed by atoms with van der Waals surface area (Å²) < 4.78 is 0. The van der Waals surface area contributed by atoms with E-state index in [9.17, 15) is 4.79 Å². The van der Waals surface area contributed by atoms with Crippen LogP contribution in [0.2, 0.25) is 0 Å². The van der Waals surface area contributed by atoms with E-state index >= 15 is 0 Å². The Morgan fingerprint density at radius 2 is 1.82 bits per heavy atom. The summed E-state index contributed by atoms with van der Waals surface area (Å²) in [5.41, 5.74) is 0.206. The molecule has 0 aromatic rings. The molecule has 1 heterocycles. The molecule has 4 nitrogen and oxygen atoms in total. The van der Waals surface area contributed by atoms with Crippen molar-refractivity contribution in [2.24, 2.45) is 5.41 Å². The Morgan fingerprint density at radius 3 is 2.35 bits per heavy atom. The van der Waals surface area contributed by atoms with Crippen molar-refractivity contribution < 1.29 is 4.79 Å². The lowest BCUT2D eigenvalue weighted by molar-refractivity contribution is -0.123. The number of nitrogens with zero attached hydrogens (tertiary/aromatic N) is 2. The lowest BCUT2D eigenvalue weighted by Crippen LogP contribution is -2.48. The summed E-state index contributed by atoms with van der Waals surface area (Å²) in [6, 6.07) is 0. The van der Waals surface area contributed by atoms with Gasteiger partial charge in [0.1, 0.15) is 0 Å². The quantitative estimate of drug-likeness (QED) is 0.773. The summed E-state index contributed by atoms with van der Waals surface area (Å²) in [6.07, 6.45) is 1.09. The average molecular weight is 241 g/mol. The number of hydrogen-bond donors (Lipinski definition) is 1. The van der Waals surface area contributed by atoms with Crippen LogP contribution in [0.5, 0.6) is 0 Å². The Balaban J connectivity index is 2.21. The summed E-state index contributed by atoms with van der Waals surface area (Å²) in [5.74, 6) is 0.163. The van der Waals surface area contributed by atoms with E-state index in [1.807, 2.05) is 0 Å². The van der Waals surface area contributed by atoms with E-state index in [4.69, 9.17) is 0 Å². The maximum atomic E-state index is 11.8. The molecule has 1 aliphatic heterocycles. The Kier molecular flexibility index (Phi) is 5.40. The molecule has 0 unspecified atom stereocenters. The minimum Gasteiger partial charge on any atom is -0.354 e. The fourth-order valence-electron chi connectivity index (χ4n) is 1.73. The highest BCUT2D eigenvalue weighted by atomic mass is 16.2. The lowest BCUT2D eigenvalue weighted by Gasteiger charge is -2.32. The number of rotatable bonds is 5. The summed E-state index contributed by atoms with van der Waals surface area (Å²) in [6.45, 7) is 12.0. The molecule has 4 heteroatoms. The average Bonchev–Trinajstić information content (AvgIpc) is 2.30. The van der Waals surface area contributed by atoms with Gasteiger partial charge in [0, 0.05) is 32.7 Å². The number of carbonyl (C=O) groups is 1. The van der Waals surface area contributed by atoms with Crippen molar-refractivity contribution in [3.63, 3.8) is 0 Å². The van der Waals surface area contributed by atoms with Crippen molar-refractivity contribution >= 4 is 5.91 Å². The van der Waals surface area contributed by atoms with E-state index in [-0.39, 0.29) is 11.3 Å². The third-order valence-electron chi connectivity index (χ3n) is 3.68. The number of hydrogen-bond acceptors (Lipinski definition) is 3. The second-order valence-electron chi connectivity index (χ2n) is 5.87. The fourth-order valence-corrected chi connectivity index (χ4v) is 1.73. The minimum absolute atomic E-state index is 0.163. The van der Waals surface area contributed by atoms with Crippen LogP contribution in [0.15, 0.2) is 0 Å². The van der Waals surface area contributed by atoms with Crippen molar-refractivity contribution in [3.8, 4) is 0 Å². The highest BCUT2D eigenvalue weighted by Crippen LogP contribution is 2.17. The van der Waals surface area contributed by atoms with Crippen LogP contribution < -0.4 is 5.32 Å². The molecule has 1 N–H and O–H groups in total. The van der Waals surface area contributed by atoms with Crippen LogP contribution >= 0.6 is 0 Å². The van der Waals surface area contributed by atoms with Gasteiger partial charge in [-0.25, -0.2) is 0 Å². The molecule has 0 radical (unpaired) electrons. The van der Waals surface area contributed by atoms with E-state index in [0.29, 0.717) is 6.54 Å². The van der Waals surface area contributed by atoms with E-state index in [1.165, 1.54) is 0 Å². The predicted molar refractivity (Wildman–Crippen MR) is 71.0 cm³/mol. The van der Waals surface area contributed by atoms with Crippen molar-refractivity contribution in [1.82, 2.24) is 15.1 Å². The topological polar surface area (TPSA) is 35.6 Å². The van der Waals surface area contributed by atoms with Crippen LogP contribution in [-0.2, 0) is 4.79 Å². The fraction of sp³-hybridized carbons (Fsp3) is 0.923. The molecular weight excluding hydrogens is 214 g/mol. The first-order chi connectivity index (χ1) is 7.93. The summed E-state index contributed by atoms with van der Waals surface area (Å²) in [4.78, 5) is 16.3. The first-order valence-electron chi connectivity index (χ1n) is 6.60. The Hall–Kier alpha value is -0.610. The highest BCUT2D eigenvalue weighted by Gasteiger charge is 2.19. The maximum absolute atomic E-state index is 11.8. The zero-order valence-electron chi connectivity index (χ0n) is 11.8. The zero-order chi connectivity index (χ0) is 12.9. The van der Waals surface area contributed by atoms with Gasteiger partial charge in [-0.2, -0.15) is 0 Å². The largest absolute Gasteiger partial charge is 0.354 e. The molecule has 0 spiro atoms. The molecule has 0 saturated carbocycles. The third kappa shape index (κ3) is 5.50. The van der Waals surface area contributed by atoms with Gasteiger partial charge in [0.05, 0.1) is 6.54 Å². The van der Waals surface area contributed by atoms with Gasteiger partial charge in [-0.05, 0) is 18.9 Å². The lowest BCUT2D eigenvalue weighted by atomic mass is 9.90. The summed E-state index contributed by atoms with van der Waals surface area (Å²) in [7, 11) is 2.13. The second-order valence-corrected chi connectivity index (χ2v) is 5.87.